The van der Waals surface area contributed by atoms with Crippen molar-refractivity contribution >= 4 is 5.78 Å². The summed E-state index contributed by atoms with van der Waals surface area (Å²) in [5.41, 5.74) is 2.16. The van der Waals surface area contributed by atoms with Gasteiger partial charge in [-0.05, 0) is 31.0 Å². The minimum absolute atomic E-state index is 0.139. The van der Waals surface area contributed by atoms with Gasteiger partial charge in [-0.3, -0.25) is 9.69 Å². The highest BCUT2D eigenvalue weighted by atomic mass is 16.1. The molecular weight excluding hydrogens is 310 g/mol. The second-order valence-corrected chi connectivity index (χ2v) is 7.26. The molecule has 1 fully saturated rings. The first-order valence-corrected chi connectivity index (χ1v) is 9.22. The summed E-state index contributed by atoms with van der Waals surface area (Å²) in [6.45, 7) is 6.90. The molecule has 25 heavy (non-hydrogen) atoms. The van der Waals surface area contributed by atoms with E-state index in [0.717, 1.165) is 49.6 Å². The van der Waals surface area contributed by atoms with Crippen molar-refractivity contribution in [3.05, 3.63) is 59.7 Å². The normalized spacial score (nSPS) is 18.4. The van der Waals surface area contributed by atoms with Crippen molar-refractivity contribution in [1.29, 1.82) is 0 Å². The topological polar surface area (TPSA) is 46.1 Å². The van der Waals surface area contributed by atoms with Crippen molar-refractivity contribution in [3.63, 3.8) is 0 Å². The monoisotopic (exact) mass is 337 g/mol. The summed E-state index contributed by atoms with van der Waals surface area (Å²) >= 11 is 0. The third-order valence-electron chi connectivity index (χ3n) is 4.82. The number of carbonyl (C=O) groups excluding carboxylic acids is 1. The Bertz CT molecular complexity index is 699. The van der Waals surface area contributed by atoms with Crippen LogP contribution in [-0.2, 0) is 17.8 Å². The van der Waals surface area contributed by atoms with Crippen LogP contribution in [0.25, 0.3) is 0 Å². The average Bonchev–Trinajstić information content (AvgIpc) is 2.63. The molecule has 0 bridgehead atoms. The number of benzene rings is 1. The molecule has 132 valence electrons. The van der Waals surface area contributed by atoms with Gasteiger partial charge in [-0.15, -0.1) is 0 Å². The van der Waals surface area contributed by atoms with Crippen molar-refractivity contribution in [2.45, 2.75) is 45.6 Å². The molecule has 0 radical (unpaired) electrons. The van der Waals surface area contributed by atoms with Gasteiger partial charge in [0.2, 0.25) is 0 Å². The molecule has 4 nitrogen and oxygen atoms in total. The van der Waals surface area contributed by atoms with Crippen LogP contribution in [-0.4, -0.2) is 33.7 Å². The molecule has 0 aliphatic carbocycles. The van der Waals surface area contributed by atoms with Gasteiger partial charge in [-0.25, -0.2) is 9.97 Å². The van der Waals surface area contributed by atoms with E-state index in [-0.39, 0.29) is 5.92 Å². The Hall–Kier alpha value is -2.07. The fraction of sp³-hybridized carbons (Fsp3) is 0.476. The molecule has 2 aromatic rings. The van der Waals surface area contributed by atoms with Crippen molar-refractivity contribution in [3.8, 4) is 0 Å². The van der Waals surface area contributed by atoms with Gasteiger partial charge in [0.1, 0.15) is 11.6 Å². The lowest BCUT2D eigenvalue weighted by atomic mass is 9.90. The van der Waals surface area contributed by atoms with Crippen LogP contribution in [0.15, 0.2) is 42.6 Å². The molecule has 1 aromatic carbocycles. The maximum Gasteiger partial charge on any atom is 0.141 e. The van der Waals surface area contributed by atoms with Gasteiger partial charge < -0.3 is 0 Å². The lowest BCUT2D eigenvalue weighted by Crippen LogP contribution is -2.39. The van der Waals surface area contributed by atoms with Crippen molar-refractivity contribution in [1.82, 2.24) is 14.9 Å². The molecule has 1 aliphatic heterocycles. The predicted molar refractivity (Wildman–Crippen MR) is 99.3 cm³/mol. The first-order chi connectivity index (χ1) is 12.1. The SMILES string of the molecule is CC(C)c1nccc(CN2CCC[C@@H](C(=O)Cc3ccccc3)C2)n1. The van der Waals surface area contributed by atoms with E-state index in [2.05, 4.69) is 28.7 Å². The van der Waals surface area contributed by atoms with E-state index >= 15 is 0 Å². The third-order valence-corrected chi connectivity index (χ3v) is 4.82. The third kappa shape index (κ3) is 4.95. The molecule has 0 spiro atoms. The second-order valence-electron chi connectivity index (χ2n) is 7.26. The summed E-state index contributed by atoms with van der Waals surface area (Å²) in [5, 5.41) is 0. The number of carbonyl (C=O) groups is 1. The molecule has 3 rings (SSSR count). The molecule has 1 aliphatic rings. The first kappa shape index (κ1) is 17.7. The van der Waals surface area contributed by atoms with E-state index in [1.807, 2.05) is 42.6 Å². The average molecular weight is 337 g/mol. The molecular formula is C21H27N3O. The van der Waals surface area contributed by atoms with E-state index in [1.54, 1.807) is 0 Å². The first-order valence-electron chi connectivity index (χ1n) is 9.22. The van der Waals surface area contributed by atoms with E-state index in [9.17, 15) is 4.79 Å². The summed E-state index contributed by atoms with van der Waals surface area (Å²) in [5.74, 6) is 1.73. The van der Waals surface area contributed by atoms with Gasteiger partial charge in [0.05, 0.1) is 5.69 Å². The number of ketones is 1. The molecule has 0 N–H and O–H groups in total. The molecule has 0 unspecified atom stereocenters. The van der Waals surface area contributed by atoms with Crippen LogP contribution in [0.3, 0.4) is 0 Å². The van der Waals surface area contributed by atoms with Gasteiger partial charge in [-0.1, -0.05) is 44.2 Å². The van der Waals surface area contributed by atoms with E-state index < -0.39 is 0 Å². The van der Waals surface area contributed by atoms with Gasteiger partial charge in [0.15, 0.2) is 0 Å². The van der Waals surface area contributed by atoms with Crippen LogP contribution >= 0.6 is 0 Å². The molecule has 1 atom stereocenters. The Labute approximate surface area is 150 Å². The van der Waals surface area contributed by atoms with Gasteiger partial charge >= 0.3 is 0 Å². The van der Waals surface area contributed by atoms with Gasteiger partial charge in [0, 0.05) is 37.5 Å². The Kier molecular flexibility index (Phi) is 5.92. The summed E-state index contributed by atoms with van der Waals surface area (Å²) in [6, 6.07) is 12.0. The highest BCUT2D eigenvalue weighted by molar-refractivity contribution is 5.83. The van der Waals surface area contributed by atoms with Crippen LogP contribution in [0.4, 0.5) is 0 Å². The number of hydrogen-bond acceptors (Lipinski definition) is 4. The number of Topliss-reactive ketones (excluding diaryl/α,β-unsaturated/α-hetero) is 1. The Morgan fingerprint density at radius 3 is 2.80 bits per heavy atom. The maximum atomic E-state index is 12.7. The number of rotatable bonds is 6. The Morgan fingerprint density at radius 1 is 1.24 bits per heavy atom. The van der Waals surface area contributed by atoms with Crippen LogP contribution in [0.5, 0.6) is 0 Å². The van der Waals surface area contributed by atoms with Crippen LogP contribution < -0.4 is 0 Å². The van der Waals surface area contributed by atoms with Gasteiger partial charge in [-0.2, -0.15) is 0 Å². The highest BCUT2D eigenvalue weighted by Gasteiger charge is 2.26. The number of nitrogens with zero attached hydrogens (tertiary/aromatic N) is 3. The standard InChI is InChI=1S/C21H27N3O/c1-16(2)21-22-11-10-19(23-21)15-24-12-6-9-18(14-24)20(25)13-17-7-4-3-5-8-17/h3-5,7-8,10-11,16,18H,6,9,12-15H2,1-2H3/t18-/m1/s1. The van der Waals surface area contributed by atoms with Crippen LogP contribution in [0.2, 0.25) is 0 Å². The molecule has 4 heteroatoms. The number of piperidine rings is 1. The van der Waals surface area contributed by atoms with Crippen LogP contribution in [0.1, 0.15) is 49.7 Å². The van der Waals surface area contributed by atoms with E-state index in [0.29, 0.717) is 18.1 Å². The largest absolute Gasteiger partial charge is 0.299 e. The lowest BCUT2D eigenvalue weighted by Gasteiger charge is -2.31. The zero-order chi connectivity index (χ0) is 17.6. The summed E-state index contributed by atoms with van der Waals surface area (Å²) in [4.78, 5) is 24.0. The van der Waals surface area contributed by atoms with Gasteiger partial charge in [0.25, 0.3) is 0 Å². The number of aromatic nitrogens is 2. The van der Waals surface area contributed by atoms with E-state index in [4.69, 9.17) is 0 Å². The molecule has 1 aromatic heterocycles. The number of hydrogen-bond donors (Lipinski definition) is 0. The zero-order valence-electron chi connectivity index (χ0n) is 15.2. The van der Waals surface area contributed by atoms with Crippen molar-refractivity contribution in [2.24, 2.45) is 5.92 Å². The molecule has 0 saturated carbocycles. The lowest BCUT2D eigenvalue weighted by molar-refractivity contribution is -0.124. The zero-order valence-corrected chi connectivity index (χ0v) is 15.2. The highest BCUT2D eigenvalue weighted by Crippen LogP contribution is 2.21. The molecule has 2 heterocycles. The van der Waals surface area contributed by atoms with Crippen molar-refractivity contribution in [2.75, 3.05) is 13.1 Å². The number of likely N-dealkylation sites (tertiary alicyclic amines) is 1. The van der Waals surface area contributed by atoms with Crippen molar-refractivity contribution < 1.29 is 4.79 Å². The Morgan fingerprint density at radius 2 is 2.04 bits per heavy atom. The predicted octanol–water partition coefficient (Wildman–Crippen LogP) is 3.62. The quantitative estimate of drug-likeness (QED) is 0.807. The minimum atomic E-state index is 0.139. The fourth-order valence-corrected chi connectivity index (χ4v) is 3.41. The smallest absolute Gasteiger partial charge is 0.141 e. The summed E-state index contributed by atoms with van der Waals surface area (Å²) in [6.07, 6.45) is 4.47. The van der Waals surface area contributed by atoms with Crippen LogP contribution in [0, 0.1) is 5.92 Å². The molecule has 0 amide bonds. The summed E-state index contributed by atoms with van der Waals surface area (Å²) in [7, 11) is 0. The Balaban J connectivity index is 1.59. The fourth-order valence-electron chi connectivity index (χ4n) is 3.41. The van der Waals surface area contributed by atoms with E-state index in [1.165, 1.54) is 0 Å². The second kappa shape index (κ2) is 8.34. The minimum Gasteiger partial charge on any atom is -0.299 e. The molecule has 1 saturated heterocycles. The summed E-state index contributed by atoms with van der Waals surface area (Å²) < 4.78 is 0. The maximum absolute atomic E-state index is 12.7.